The van der Waals surface area contributed by atoms with Crippen LogP contribution in [0.2, 0.25) is 0 Å². The molecule has 2 rings (SSSR count). The van der Waals surface area contributed by atoms with E-state index in [4.69, 9.17) is 8.92 Å². The number of amides is 2. The second kappa shape index (κ2) is 9.52. The first-order valence-electron chi connectivity index (χ1n) is 8.47. The van der Waals surface area contributed by atoms with Gasteiger partial charge in [-0.2, -0.15) is 8.42 Å². The molecule has 28 heavy (non-hydrogen) atoms. The van der Waals surface area contributed by atoms with Gasteiger partial charge in [-0.15, -0.1) is 0 Å². The van der Waals surface area contributed by atoms with Gasteiger partial charge in [0.15, 0.2) is 0 Å². The third kappa shape index (κ3) is 5.93. The smallest absolute Gasteiger partial charge is 0.339 e. The SMILES string of the molecule is COCCN(Cc1cccc(OS(=O)(=O)c2ccc(F)cc2)c1)C(=O)N(C)C. The molecule has 0 aliphatic rings. The first-order chi connectivity index (χ1) is 13.2. The maximum Gasteiger partial charge on any atom is 0.339 e. The molecule has 0 spiro atoms. The number of carbonyl (C=O) groups excluding carboxylic acids is 1. The topological polar surface area (TPSA) is 76.1 Å². The fourth-order valence-electron chi connectivity index (χ4n) is 2.42. The average molecular weight is 410 g/mol. The number of carbonyl (C=O) groups is 1. The van der Waals surface area contributed by atoms with Crippen molar-refractivity contribution in [2.24, 2.45) is 0 Å². The summed E-state index contributed by atoms with van der Waals surface area (Å²) >= 11 is 0. The predicted octanol–water partition coefficient (Wildman–Crippen LogP) is 2.72. The van der Waals surface area contributed by atoms with Crippen LogP contribution >= 0.6 is 0 Å². The third-order valence-corrected chi connectivity index (χ3v) is 5.06. The van der Waals surface area contributed by atoms with Crippen molar-refractivity contribution in [3.05, 3.63) is 59.9 Å². The molecule has 0 aromatic heterocycles. The summed E-state index contributed by atoms with van der Waals surface area (Å²) in [7, 11) is 0.753. The predicted molar refractivity (Wildman–Crippen MR) is 102 cm³/mol. The maximum atomic E-state index is 13.0. The van der Waals surface area contributed by atoms with E-state index in [1.54, 1.807) is 44.3 Å². The first kappa shape index (κ1) is 21.6. The molecule has 152 valence electrons. The zero-order chi connectivity index (χ0) is 20.7. The molecule has 0 fully saturated rings. The van der Waals surface area contributed by atoms with E-state index in [1.165, 1.54) is 11.0 Å². The summed E-state index contributed by atoms with van der Waals surface area (Å²) in [6.45, 7) is 1.01. The Kier molecular flexibility index (Phi) is 7.36. The van der Waals surface area contributed by atoms with Crippen molar-refractivity contribution in [1.82, 2.24) is 9.80 Å². The van der Waals surface area contributed by atoms with Crippen LogP contribution in [0.25, 0.3) is 0 Å². The van der Waals surface area contributed by atoms with E-state index in [2.05, 4.69) is 0 Å². The molecule has 0 aliphatic heterocycles. The van der Waals surface area contributed by atoms with Crippen LogP contribution in [0.3, 0.4) is 0 Å². The van der Waals surface area contributed by atoms with Crippen molar-refractivity contribution in [2.75, 3.05) is 34.4 Å². The zero-order valence-corrected chi connectivity index (χ0v) is 16.8. The molecule has 0 aliphatic carbocycles. The van der Waals surface area contributed by atoms with Crippen LogP contribution in [0, 0.1) is 5.82 Å². The van der Waals surface area contributed by atoms with Crippen molar-refractivity contribution in [3.8, 4) is 5.75 Å². The van der Waals surface area contributed by atoms with E-state index in [0.717, 1.165) is 24.3 Å². The van der Waals surface area contributed by atoms with Gasteiger partial charge in [0.05, 0.1) is 6.61 Å². The minimum atomic E-state index is -4.09. The second-order valence-electron chi connectivity index (χ2n) is 6.23. The lowest BCUT2D eigenvalue weighted by atomic mass is 10.2. The number of urea groups is 1. The average Bonchev–Trinajstić information content (AvgIpc) is 2.64. The second-order valence-corrected chi connectivity index (χ2v) is 7.78. The largest absolute Gasteiger partial charge is 0.383 e. The van der Waals surface area contributed by atoms with Crippen molar-refractivity contribution >= 4 is 16.1 Å². The van der Waals surface area contributed by atoms with Gasteiger partial charge >= 0.3 is 16.1 Å². The van der Waals surface area contributed by atoms with E-state index >= 15 is 0 Å². The van der Waals surface area contributed by atoms with E-state index in [9.17, 15) is 17.6 Å². The van der Waals surface area contributed by atoms with Gasteiger partial charge in [-0.1, -0.05) is 12.1 Å². The summed E-state index contributed by atoms with van der Waals surface area (Å²) in [5.41, 5.74) is 0.693. The Balaban J connectivity index is 2.18. The molecule has 0 N–H and O–H groups in total. The summed E-state index contributed by atoms with van der Waals surface area (Å²) in [6, 6.07) is 10.6. The molecule has 2 aromatic rings. The molecule has 0 unspecified atom stereocenters. The molecular formula is C19H23FN2O5S. The Hall–Kier alpha value is -2.65. The summed E-state index contributed by atoms with van der Waals surface area (Å²) < 4.78 is 47.9. The van der Waals surface area contributed by atoms with Crippen LogP contribution in [-0.4, -0.2) is 58.6 Å². The Morgan fingerprint density at radius 3 is 2.39 bits per heavy atom. The standard InChI is InChI=1S/C19H23FN2O5S/c1-21(2)19(23)22(11-12-26-3)14-15-5-4-6-17(13-15)27-28(24,25)18-9-7-16(20)8-10-18/h4-10,13H,11-12,14H2,1-3H3. The number of ether oxygens (including phenoxy) is 1. The van der Waals surface area contributed by atoms with Crippen LogP contribution in [0.1, 0.15) is 5.56 Å². The maximum absolute atomic E-state index is 13.0. The highest BCUT2D eigenvalue weighted by Crippen LogP contribution is 2.21. The van der Waals surface area contributed by atoms with E-state index in [-0.39, 0.29) is 23.2 Å². The lowest BCUT2D eigenvalue weighted by molar-refractivity contribution is 0.132. The molecule has 2 aromatic carbocycles. The van der Waals surface area contributed by atoms with Crippen LogP contribution < -0.4 is 4.18 Å². The Labute approximate surface area is 164 Å². The van der Waals surface area contributed by atoms with Crippen LogP contribution in [0.4, 0.5) is 9.18 Å². The van der Waals surface area contributed by atoms with Crippen molar-refractivity contribution in [3.63, 3.8) is 0 Å². The Morgan fingerprint density at radius 2 is 1.79 bits per heavy atom. The molecule has 0 atom stereocenters. The summed E-state index contributed by atoms with van der Waals surface area (Å²) in [5.74, 6) is -0.437. The van der Waals surface area contributed by atoms with Crippen LogP contribution in [-0.2, 0) is 21.4 Å². The quantitative estimate of drug-likeness (QED) is 0.626. The minimum Gasteiger partial charge on any atom is -0.383 e. The molecule has 0 radical (unpaired) electrons. The lowest BCUT2D eigenvalue weighted by Gasteiger charge is -2.26. The number of halogens is 1. The van der Waals surface area contributed by atoms with Crippen LogP contribution in [0.15, 0.2) is 53.4 Å². The van der Waals surface area contributed by atoms with Gasteiger partial charge in [-0.05, 0) is 42.0 Å². The van der Waals surface area contributed by atoms with Gasteiger partial charge in [0.25, 0.3) is 0 Å². The first-order valence-corrected chi connectivity index (χ1v) is 9.88. The Bertz CT molecular complexity index is 901. The third-order valence-electron chi connectivity index (χ3n) is 3.80. The van der Waals surface area contributed by atoms with Crippen molar-refractivity contribution in [2.45, 2.75) is 11.4 Å². The van der Waals surface area contributed by atoms with Gasteiger partial charge in [0, 0.05) is 34.3 Å². The van der Waals surface area contributed by atoms with Crippen LogP contribution in [0.5, 0.6) is 5.75 Å². The van der Waals surface area contributed by atoms with Gasteiger partial charge in [0.1, 0.15) is 16.5 Å². The molecular weight excluding hydrogens is 387 g/mol. The zero-order valence-electron chi connectivity index (χ0n) is 16.0. The number of hydrogen-bond acceptors (Lipinski definition) is 5. The number of rotatable bonds is 8. The van der Waals surface area contributed by atoms with Gasteiger partial charge in [-0.25, -0.2) is 9.18 Å². The minimum absolute atomic E-state index is 0.103. The molecule has 2 amide bonds. The highest BCUT2D eigenvalue weighted by molar-refractivity contribution is 7.87. The van der Waals surface area contributed by atoms with Gasteiger partial charge in [0.2, 0.25) is 0 Å². The number of benzene rings is 2. The monoisotopic (exact) mass is 410 g/mol. The normalized spacial score (nSPS) is 11.1. The lowest BCUT2D eigenvalue weighted by Crippen LogP contribution is -2.40. The van der Waals surface area contributed by atoms with Gasteiger partial charge in [-0.3, -0.25) is 0 Å². The molecule has 9 heteroatoms. The number of hydrogen-bond donors (Lipinski definition) is 0. The van der Waals surface area contributed by atoms with E-state index in [0.29, 0.717) is 18.7 Å². The molecule has 7 nitrogen and oxygen atoms in total. The van der Waals surface area contributed by atoms with Gasteiger partial charge < -0.3 is 18.7 Å². The molecule has 0 bridgehead atoms. The van der Waals surface area contributed by atoms with Crippen molar-refractivity contribution < 1.29 is 26.5 Å². The molecule has 0 saturated heterocycles. The highest BCUT2D eigenvalue weighted by Gasteiger charge is 2.19. The Morgan fingerprint density at radius 1 is 1.11 bits per heavy atom. The fraction of sp³-hybridized carbons (Fsp3) is 0.316. The van der Waals surface area contributed by atoms with E-state index < -0.39 is 15.9 Å². The molecule has 0 saturated carbocycles. The highest BCUT2D eigenvalue weighted by atomic mass is 32.2. The number of methoxy groups -OCH3 is 1. The van der Waals surface area contributed by atoms with E-state index in [1.807, 2.05) is 0 Å². The summed E-state index contributed by atoms with van der Waals surface area (Å²) in [5, 5.41) is 0. The summed E-state index contributed by atoms with van der Waals surface area (Å²) in [6.07, 6.45) is 0. The summed E-state index contributed by atoms with van der Waals surface area (Å²) in [4.78, 5) is 15.2. The fourth-order valence-corrected chi connectivity index (χ4v) is 3.34. The number of nitrogens with zero attached hydrogens (tertiary/aromatic N) is 2. The van der Waals surface area contributed by atoms with Crippen molar-refractivity contribution in [1.29, 1.82) is 0 Å². The molecule has 0 heterocycles.